The number of hydrogen-bond donors (Lipinski definition) is 1. The Morgan fingerprint density at radius 1 is 1.29 bits per heavy atom. The lowest BCUT2D eigenvalue weighted by atomic mass is 9.60. The van der Waals surface area contributed by atoms with Crippen LogP contribution < -0.4 is 0 Å². The first-order chi connectivity index (χ1) is 6.79. The summed E-state index contributed by atoms with van der Waals surface area (Å²) in [5.74, 6) is 0. The third-order valence-corrected chi connectivity index (χ3v) is 3.62. The molecule has 76 valence electrons. The van der Waals surface area contributed by atoms with Gasteiger partial charge in [-0.1, -0.05) is 43.7 Å². The van der Waals surface area contributed by atoms with Gasteiger partial charge in [0.1, 0.15) is 0 Å². The average molecular weight is 190 g/mol. The standard InChI is InChI=1S/C13H18O/c1-2-12(14)13(9-6-10-13)11-7-4-3-5-8-11/h3-5,7-8,12,14H,2,6,9-10H2,1H3/t12-/m0/s1. The SMILES string of the molecule is CC[C@H](O)C1(c2ccccc2)CCC1. The van der Waals surface area contributed by atoms with Gasteiger partial charge in [0.2, 0.25) is 0 Å². The molecule has 1 aliphatic rings. The van der Waals surface area contributed by atoms with Gasteiger partial charge in [-0.25, -0.2) is 0 Å². The fraction of sp³-hybridized carbons (Fsp3) is 0.538. The molecule has 0 bridgehead atoms. The second-order valence-corrected chi connectivity index (χ2v) is 4.30. The highest BCUT2D eigenvalue weighted by Gasteiger charge is 2.43. The van der Waals surface area contributed by atoms with Crippen LogP contribution in [0.15, 0.2) is 30.3 Å². The maximum absolute atomic E-state index is 10.1. The number of rotatable bonds is 3. The van der Waals surface area contributed by atoms with Crippen molar-refractivity contribution in [2.75, 3.05) is 0 Å². The van der Waals surface area contributed by atoms with Gasteiger partial charge in [0, 0.05) is 5.41 Å². The predicted octanol–water partition coefficient (Wildman–Crippen LogP) is 2.88. The molecule has 0 spiro atoms. The van der Waals surface area contributed by atoms with Crippen LogP contribution in [0.2, 0.25) is 0 Å². The van der Waals surface area contributed by atoms with E-state index in [1.54, 1.807) is 0 Å². The molecule has 0 heterocycles. The summed E-state index contributed by atoms with van der Waals surface area (Å²) < 4.78 is 0. The fourth-order valence-electron chi connectivity index (χ4n) is 2.53. The molecule has 1 aliphatic carbocycles. The van der Waals surface area contributed by atoms with Crippen molar-refractivity contribution in [1.29, 1.82) is 0 Å². The Morgan fingerprint density at radius 2 is 1.93 bits per heavy atom. The van der Waals surface area contributed by atoms with Crippen LogP contribution in [0.1, 0.15) is 38.2 Å². The Kier molecular flexibility index (Phi) is 2.60. The fourth-order valence-corrected chi connectivity index (χ4v) is 2.53. The van der Waals surface area contributed by atoms with Crippen molar-refractivity contribution < 1.29 is 5.11 Å². The lowest BCUT2D eigenvalue weighted by Crippen LogP contribution is -2.45. The van der Waals surface area contributed by atoms with Gasteiger partial charge in [-0.3, -0.25) is 0 Å². The van der Waals surface area contributed by atoms with Gasteiger partial charge in [0.25, 0.3) is 0 Å². The van der Waals surface area contributed by atoms with Gasteiger partial charge in [0.15, 0.2) is 0 Å². The summed E-state index contributed by atoms with van der Waals surface area (Å²) in [7, 11) is 0. The van der Waals surface area contributed by atoms with Crippen LogP contribution in [0.25, 0.3) is 0 Å². The summed E-state index contributed by atoms with van der Waals surface area (Å²) in [5.41, 5.74) is 1.40. The molecule has 2 rings (SSSR count). The van der Waals surface area contributed by atoms with Crippen LogP contribution in [0.4, 0.5) is 0 Å². The minimum atomic E-state index is -0.168. The zero-order valence-electron chi connectivity index (χ0n) is 8.74. The van der Waals surface area contributed by atoms with E-state index < -0.39 is 0 Å². The van der Waals surface area contributed by atoms with Gasteiger partial charge in [-0.15, -0.1) is 0 Å². The van der Waals surface area contributed by atoms with Gasteiger partial charge in [-0.05, 0) is 24.8 Å². The molecule has 14 heavy (non-hydrogen) atoms. The van der Waals surface area contributed by atoms with Crippen LogP contribution in [-0.4, -0.2) is 11.2 Å². The zero-order valence-corrected chi connectivity index (χ0v) is 8.74. The molecule has 0 saturated heterocycles. The van der Waals surface area contributed by atoms with Crippen molar-refractivity contribution in [3.63, 3.8) is 0 Å². The number of benzene rings is 1. The highest BCUT2D eigenvalue weighted by atomic mass is 16.3. The van der Waals surface area contributed by atoms with Gasteiger partial charge in [-0.2, -0.15) is 0 Å². The van der Waals surface area contributed by atoms with Crippen molar-refractivity contribution in [3.8, 4) is 0 Å². The molecule has 0 aliphatic heterocycles. The van der Waals surface area contributed by atoms with E-state index in [-0.39, 0.29) is 11.5 Å². The molecule has 0 radical (unpaired) electrons. The maximum atomic E-state index is 10.1. The highest BCUT2D eigenvalue weighted by molar-refractivity contribution is 5.29. The van der Waals surface area contributed by atoms with E-state index in [4.69, 9.17) is 0 Å². The summed E-state index contributed by atoms with van der Waals surface area (Å²) >= 11 is 0. The Balaban J connectivity index is 2.29. The Labute approximate surface area is 85.8 Å². The molecule has 0 aromatic heterocycles. The molecule has 1 atom stereocenters. The first-order valence-corrected chi connectivity index (χ1v) is 5.53. The summed E-state index contributed by atoms with van der Waals surface area (Å²) in [4.78, 5) is 0. The molecule has 1 saturated carbocycles. The lowest BCUT2D eigenvalue weighted by molar-refractivity contribution is 0.0257. The minimum Gasteiger partial charge on any atom is -0.392 e. The second-order valence-electron chi connectivity index (χ2n) is 4.30. The molecule has 1 heteroatoms. The number of aliphatic hydroxyl groups is 1. The maximum Gasteiger partial charge on any atom is 0.0634 e. The van der Waals surface area contributed by atoms with Crippen molar-refractivity contribution in [2.45, 2.75) is 44.1 Å². The Morgan fingerprint density at radius 3 is 2.36 bits per heavy atom. The van der Waals surface area contributed by atoms with Crippen LogP contribution in [-0.2, 0) is 5.41 Å². The van der Waals surface area contributed by atoms with Crippen molar-refractivity contribution in [2.24, 2.45) is 0 Å². The van der Waals surface area contributed by atoms with E-state index in [0.29, 0.717) is 0 Å². The highest BCUT2D eigenvalue weighted by Crippen LogP contribution is 2.47. The first-order valence-electron chi connectivity index (χ1n) is 5.53. The van der Waals surface area contributed by atoms with E-state index in [9.17, 15) is 5.11 Å². The molecule has 0 unspecified atom stereocenters. The first kappa shape index (κ1) is 9.72. The topological polar surface area (TPSA) is 20.2 Å². The normalized spacial score (nSPS) is 21.3. The smallest absolute Gasteiger partial charge is 0.0634 e. The molecular weight excluding hydrogens is 172 g/mol. The van der Waals surface area contributed by atoms with Crippen LogP contribution >= 0.6 is 0 Å². The third-order valence-electron chi connectivity index (χ3n) is 3.62. The van der Waals surface area contributed by atoms with Crippen LogP contribution in [0, 0.1) is 0 Å². The summed E-state index contributed by atoms with van der Waals surface area (Å²) in [6, 6.07) is 10.5. The second kappa shape index (κ2) is 3.74. The van der Waals surface area contributed by atoms with Crippen molar-refractivity contribution in [3.05, 3.63) is 35.9 Å². The molecule has 1 fully saturated rings. The van der Waals surface area contributed by atoms with Gasteiger partial charge < -0.3 is 5.11 Å². The summed E-state index contributed by atoms with van der Waals surface area (Å²) in [6.45, 7) is 2.06. The molecule has 0 amide bonds. The lowest BCUT2D eigenvalue weighted by Gasteiger charge is -2.46. The quantitative estimate of drug-likeness (QED) is 0.777. The van der Waals surface area contributed by atoms with E-state index in [0.717, 1.165) is 19.3 Å². The summed E-state index contributed by atoms with van der Waals surface area (Å²) in [6.07, 6.45) is 4.23. The van der Waals surface area contributed by atoms with Crippen LogP contribution in [0.3, 0.4) is 0 Å². The summed E-state index contributed by atoms with van der Waals surface area (Å²) in [5, 5.41) is 10.1. The predicted molar refractivity (Wildman–Crippen MR) is 58.3 cm³/mol. The molecule has 1 nitrogen and oxygen atoms in total. The zero-order chi connectivity index (χ0) is 10.0. The van der Waals surface area contributed by atoms with Crippen molar-refractivity contribution in [1.82, 2.24) is 0 Å². The van der Waals surface area contributed by atoms with Gasteiger partial charge in [0.05, 0.1) is 6.10 Å². The van der Waals surface area contributed by atoms with Crippen LogP contribution in [0.5, 0.6) is 0 Å². The molecule has 1 N–H and O–H groups in total. The van der Waals surface area contributed by atoms with Crippen molar-refractivity contribution >= 4 is 0 Å². The molecular formula is C13H18O. The number of hydrogen-bond acceptors (Lipinski definition) is 1. The Hall–Kier alpha value is -0.820. The van der Waals surface area contributed by atoms with Gasteiger partial charge >= 0.3 is 0 Å². The average Bonchev–Trinajstić information content (AvgIpc) is 2.17. The van der Waals surface area contributed by atoms with E-state index in [2.05, 4.69) is 31.2 Å². The molecule has 1 aromatic rings. The van der Waals surface area contributed by atoms with E-state index in [1.807, 2.05) is 6.07 Å². The third kappa shape index (κ3) is 1.36. The number of aliphatic hydroxyl groups excluding tert-OH is 1. The largest absolute Gasteiger partial charge is 0.392 e. The Bertz CT molecular complexity index is 287. The van der Waals surface area contributed by atoms with E-state index in [1.165, 1.54) is 12.0 Å². The monoisotopic (exact) mass is 190 g/mol. The minimum absolute atomic E-state index is 0.0794. The van der Waals surface area contributed by atoms with E-state index >= 15 is 0 Å². The molecule has 1 aromatic carbocycles.